The topological polar surface area (TPSA) is 131 Å². The van der Waals surface area contributed by atoms with Gasteiger partial charge in [-0.25, -0.2) is 22.8 Å². The third-order valence-electron chi connectivity index (χ3n) is 5.88. The summed E-state index contributed by atoms with van der Waals surface area (Å²) in [7, 11) is -4.02. The predicted octanol–water partition coefficient (Wildman–Crippen LogP) is 0.620. The molecule has 0 radical (unpaired) electrons. The first-order chi connectivity index (χ1) is 16.3. The maximum Gasteiger partial charge on any atom is 0.243 e. The number of benzene rings is 1. The molecule has 0 bridgehead atoms. The number of β-amino-alcohol motifs (C(OH)–C–C–N with tert-alkyl or cyclic N) is 1. The number of aromatic nitrogens is 2. The van der Waals surface area contributed by atoms with Crippen molar-refractivity contribution in [2.75, 3.05) is 19.8 Å². The average Bonchev–Trinajstić information content (AvgIpc) is 2.81. The Kier molecular flexibility index (Phi) is 7.84. The summed E-state index contributed by atoms with van der Waals surface area (Å²) in [5.41, 5.74) is 0.682. The normalized spacial score (nSPS) is 26.2. The Balaban J connectivity index is 1.43. The van der Waals surface area contributed by atoms with Crippen LogP contribution in [-0.4, -0.2) is 77.8 Å². The van der Waals surface area contributed by atoms with Gasteiger partial charge < -0.3 is 19.9 Å². The molecule has 0 unspecified atom stereocenters. The lowest BCUT2D eigenvalue weighted by atomic mass is 9.96. The van der Waals surface area contributed by atoms with Crippen molar-refractivity contribution in [3.63, 3.8) is 0 Å². The van der Waals surface area contributed by atoms with Crippen LogP contribution in [0.1, 0.15) is 25.0 Å². The number of carbonyl (C=O) groups is 1. The lowest BCUT2D eigenvalue weighted by Gasteiger charge is -2.43. The summed E-state index contributed by atoms with van der Waals surface area (Å²) < 4.78 is 52.9. The molecule has 1 aromatic heterocycles. The first-order valence-corrected chi connectivity index (χ1v) is 12.5. The minimum absolute atomic E-state index is 0.0495. The van der Waals surface area contributed by atoms with Gasteiger partial charge in [0, 0.05) is 12.7 Å². The minimum atomic E-state index is -4.02. The zero-order valence-corrected chi connectivity index (χ0v) is 19.2. The maximum absolute atomic E-state index is 13.4. The summed E-state index contributed by atoms with van der Waals surface area (Å²) in [5, 5.41) is 13.1. The molecule has 2 saturated heterocycles. The number of amides is 1. The van der Waals surface area contributed by atoms with Gasteiger partial charge in [0.2, 0.25) is 15.9 Å². The van der Waals surface area contributed by atoms with E-state index < -0.39 is 40.2 Å². The van der Waals surface area contributed by atoms with E-state index in [2.05, 4.69) is 15.3 Å². The molecule has 12 heteroatoms. The van der Waals surface area contributed by atoms with Crippen LogP contribution in [0, 0.1) is 5.82 Å². The van der Waals surface area contributed by atoms with Gasteiger partial charge in [0.25, 0.3) is 0 Å². The number of nitrogens with one attached hydrogen (secondary N) is 1. The number of sulfonamides is 1. The van der Waals surface area contributed by atoms with Crippen molar-refractivity contribution in [3.8, 4) is 0 Å². The Morgan fingerprint density at radius 1 is 1.21 bits per heavy atom. The standard InChI is InChI=1S/C22H27FN4O6S/c23-15-1-4-19(5-2-15)34(30,31)27-11-17(28)12-32-13-21-20(27)6-3-18(33-21)9-22(29)25-10-16-7-8-24-14-26-16/h1-2,4-5,7-8,14,17-18,20-21,28H,3,6,9-13H2,(H,25,29)/t17-,18+,20-,21+/m1/s1. The zero-order valence-electron chi connectivity index (χ0n) is 18.4. The molecule has 4 rings (SSSR count). The number of aliphatic hydroxyl groups is 1. The van der Waals surface area contributed by atoms with Crippen LogP contribution in [0.25, 0.3) is 0 Å². The van der Waals surface area contributed by atoms with E-state index in [9.17, 15) is 22.7 Å². The summed E-state index contributed by atoms with van der Waals surface area (Å²) in [6, 6.07) is 5.69. The molecule has 10 nitrogen and oxygen atoms in total. The molecule has 184 valence electrons. The predicted molar refractivity (Wildman–Crippen MR) is 117 cm³/mol. The smallest absolute Gasteiger partial charge is 0.243 e. The maximum atomic E-state index is 13.4. The van der Waals surface area contributed by atoms with E-state index >= 15 is 0 Å². The highest BCUT2D eigenvalue weighted by Crippen LogP contribution is 2.31. The highest BCUT2D eigenvalue weighted by Gasteiger charge is 2.43. The second-order valence-corrected chi connectivity index (χ2v) is 10.2. The molecular weight excluding hydrogens is 467 g/mol. The van der Waals surface area contributed by atoms with Gasteiger partial charge >= 0.3 is 0 Å². The van der Waals surface area contributed by atoms with Crippen LogP contribution in [0.2, 0.25) is 0 Å². The van der Waals surface area contributed by atoms with Crippen LogP contribution < -0.4 is 5.32 Å². The van der Waals surface area contributed by atoms with Gasteiger partial charge in [0.05, 0.1) is 61.1 Å². The summed E-state index contributed by atoms with van der Waals surface area (Å²) in [5.74, 6) is -0.750. The molecule has 4 atom stereocenters. The van der Waals surface area contributed by atoms with Gasteiger partial charge in [-0.1, -0.05) is 0 Å². The second kappa shape index (κ2) is 10.8. The van der Waals surface area contributed by atoms with Crippen LogP contribution in [0.3, 0.4) is 0 Å². The number of carbonyl (C=O) groups excluding carboxylic acids is 1. The first kappa shape index (κ1) is 24.6. The highest BCUT2D eigenvalue weighted by atomic mass is 32.2. The van der Waals surface area contributed by atoms with Gasteiger partial charge in [-0.3, -0.25) is 4.79 Å². The molecule has 34 heavy (non-hydrogen) atoms. The molecule has 0 aliphatic carbocycles. The van der Waals surface area contributed by atoms with Crippen molar-refractivity contribution in [2.45, 2.75) is 55.1 Å². The van der Waals surface area contributed by atoms with Crippen LogP contribution in [0.5, 0.6) is 0 Å². The second-order valence-electron chi connectivity index (χ2n) is 8.34. The summed E-state index contributed by atoms with van der Waals surface area (Å²) in [6.45, 7) is 0.126. The molecule has 2 fully saturated rings. The molecule has 2 aliphatic rings. The number of halogens is 1. The molecule has 2 aromatic rings. The van der Waals surface area contributed by atoms with E-state index in [1.807, 2.05) is 0 Å². The molecule has 3 heterocycles. The fourth-order valence-electron chi connectivity index (χ4n) is 4.20. The SMILES string of the molecule is O=C(C[C@@H]1CC[C@@H]2[C@H](COC[C@H](O)CN2S(=O)(=O)c2ccc(F)cc2)O1)NCc1ccncn1. The summed E-state index contributed by atoms with van der Waals surface area (Å²) in [4.78, 5) is 20.2. The molecule has 1 aromatic carbocycles. The van der Waals surface area contributed by atoms with E-state index in [4.69, 9.17) is 9.47 Å². The number of hydrogen-bond donors (Lipinski definition) is 2. The fourth-order valence-corrected chi connectivity index (χ4v) is 5.92. The van der Waals surface area contributed by atoms with Crippen molar-refractivity contribution >= 4 is 15.9 Å². The lowest BCUT2D eigenvalue weighted by Crippen LogP contribution is -2.57. The monoisotopic (exact) mass is 494 g/mol. The number of hydrogen-bond acceptors (Lipinski definition) is 8. The van der Waals surface area contributed by atoms with Crippen LogP contribution in [0.4, 0.5) is 4.39 Å². The van der Waals surface area contributed by atoms with Gasteiger partial charge in [-0.15, -0.1) is 0 Å². The molecule has 0 saturated carbocycles. The number of aliphatic hydroxyl groups excluding tert-OH is 1. The Hall–Kier alpha value is -2.51. The Labute approximate surface area is 197 Å². The third kappa shape index (κ3) is 5.94. The number of fused-ring (bicyclic) bond motifs is 1. The molecule has 0 spiro atoms. The lowest BCUT2D eigenvalue weighted by molar-refractivity contribution is -0.146. The van der Waals surface area contributed by atoms with Crippen molar-refractivity contribution in [3.05, 3.63) is 54.4 Å². The Morgan fingerprint density at radius 3 is 2.74 bits per heavy atom. The first-order valence-electron chi connectivity index (χ1n) is 11.0. The van der Waals surface area contributed by atoms with Gasteiger partial charge in [0.15, 0.2) is 0 Å². The van der Waals surface area contributed by atoms with E-state index in [-0.39, 0.29) is 43.5 Å². The van der Waals surface area contributed by atoms with Crippen molar-refractivity contribution in [1.82, 2.24) is 19.6 Å². The van der Waals surface area contributed by atoms with Gasteiger partial charge in [0.1, 0.15) is 12.1 Å². The van der Waals surface area contributed by atoms with E-state index in [1.165, 1.54) is 22.8 Å². The quantitative estimate of drug-likeness (QED) is 0.598. The van der Waals surface area contributed by atoms with Gasteiger partial charge in [-0.05, 0) is 43.2 Å². The van der Waals surface area contributed by atoms with E-state index in [1.54, 1.807) is 12.3 Å². The van der Waals surface area contributed by atoms with Crippen molar-refractivity contribution in [2.24, 2.45) is 0 Å². The summed E-state index contributed by atoms with van der Waals surface area (Å²) >= 11 is 0. The summed E-state index contributed by atoms with van der Waals surface area (Å²) in [6.07, 6.45) is 1.95. The van der Waals surface area contributed by atoms with E-state index in [0.29, 0.717) is 18.5 Å². The third-order valence-corrected chi connectivity index (χ3v) is 7.78. The molecule has 2 aliphatic heterocycles. The zero-order chi connectivity index (χ0) is 24.1. The number of nitrogens with zero attached hydrogens (tertiary/aromatic N) is 3. The van der Waals surface area contributed by atoms with Gasteiger partial charge in [-0.2, -0.15) is 4.31 Å². The van der Waals surface area contributed by atoms with Crippen LogP contribution in [0.15, 0.2) is 47.8 Å². The Morgan fingerprint density at radius 2 is 2.00 bits per heavy atom. The molecule has 1 amide bonds. The highest BCUT2D eigenvalue weighted by molar-refractivity contribution is 7.89. The minimum Gasteiger partial charge on any atom is -0.389 e. The Bertz CT molecular complexity index is 1070. The van der Waals surface area contributed by atoms with Crippen LogP contribution >= 0.6 is 0 Å². The van der Waals surface area contributed by atoms with Crippen LogP contribution in [-0.2, 0) is 30.8 Å². The number of ether oxygens (including phenoxy) is 2. The fraction of sp³-hybridized carbons (Fsp3) is 0.500. The van der Waals surface area contributed by atoms with E-state index in [0.717, 1.165) is 12.1 Å². The van der Waals surface area contributed by atoms with Crippen molar-refractivity contribution < 1.29 is 32.2 Å². The molecular formula is C22H27FN4O6S. The van der Waals surface area contributed by atoms with Crippen molar-refractivity contribution in [1.29, 1.82) is 0 Å². The number of rotatable bonds is 6. The largest absolute Gasteiger partial charge is 0.389 e. The average molecular weight is 495 g/mol. The molecule has 2 N–H and O–H groups in total.